The van der Waals surface area contributed by atoms with Crippen molar-refractivity contribution in [3.05, 3.63) is 60.3 Å². The average molecular weight is 484 g/mol. The van der Waals surface area contributed by atoms with Gasteiger partial charge in [-0.3, -0.25) is 4.79 Å². The molecule has 1 atom stereocenters. The summed E-state index contributed by atoms with van der Waals surface area (Å²) < 4.78 is 40.9. The molecule has 0 spiro atoms. The van der Waals surface area contributed by atoms with Gasteiger partial charge in [-0.1, -0.05) is 0 Å². The van der Waals surface area contributed by atoms with E-state index in [-0.39, 0.29) is 29.6 Å². The zero-order valence-corrected chi connectivity index (χ0v) is 18.2. The number of aromatic nitrogens is 3. The van der Waals surface area contributed by atoms with Gasteiger partial charge in [0.2, 0.25) is 5.82 Å². The molecule has 0 radical (unpaired) electrons. The Bertz CT molecular complexity index is 1240. The Labute approximate surface area is 197 Å². The van der Waals surface area contributed by atoms with E-state index in [9.17, 15) is 23.1 Å². The maximum Gasteiger partial charge on any atom is 0.573 e. The van der Waals surface area contributed by atoms with Crippen LogP contribution < -0.4 is 15.0 Å². The van der Waals surface area contributed by atoms with Crippen molar-refractivity contribution in [1.29, 1.82) is 5.26 Å². The fraction of sp³-hybridized carbons (Fsp3) is 0.261. The summed E-state index contributed by atoms with van der Waals surface area (Å²) in [5, 5.41) is 21.1. The van der Waals surface area contributed by atoms with Crippen LogP contribution in [-0.4, -0.2) is 52.0 Å². The highest BCUT2D eigenvalue weighted by Gasteiger charge is 2.31. The Balaban J connectivity index is 1.60. The van der Waals surface area contributed by atoms with E-state index < -0.39 is 18.0 Å². The van der Waals surface area contributed by atoms with Crippen LogP contribution in [0.1, 0.15) is 22.6 Å². The zero-order chi connectivity index (χ0) is 25.0. The molecular formula is C23H19F3N6O3. The van der Waals surface area contributed by atoms with Crippen LogP contribution in [0.5, 0.6) is 5.75 Å². The van der Waals surface area contributed by atoms with E-state index in [0.29, 0.717) is 30.0 Å². The van der Waals surface area contributed by atoms with Gasteiger partial charge in [0, 0.05) is 61.0 Å². The summed E-state index contributed by atoms with van der Waals surface area (Å²) in [6.45, 7) is 1.31. The van der Waals surface area contributed by atoms with Crippen molar-refractivity contribution in [3.8, 4) is 22.9 Å². The van der Waals surface area contributed by atoms with Crippen molar-refractivity contribution >= 4 is 17.4 Å². The number of nitrogens with zero attached hydrogens (tertiary/aromatic N) is 5. The predicted octanol–water partition coefficient (Wildman–Crippen LogP) is 3.38. The second-order valence-corrected chi connectivity index (χ2v) is 7.81. The van der Waals surface area contributed by atoms with Gasteiger partial charge in [-0.2, -0.15) is 5.26 Å². The Morgan fingerprint density at radius 3 is 2.51 bits per heavy atom. The number of aliphatic hydroxyl groups is 1. The maximum absolute atomic E-state index is 12.9. The third-order valence-electron chi connectivity index (χ3n) is 5.38. The van der Waals surface area contributed by atoms with Crippen molar-refractivity contribution in [2.24, 2.45) is 5.92 Å². The van der Waals surface area contributed by atoms with Crippen LogP contribution >= 0.6 is 0 Å². The van der Waals surface area contributed by atoms with Crippen LogP contribution in [0.15, 0.2) is 48.9 Å². The molecule has 3 heterocycles. The number of rotatable bonds is 6. The predicted molar refractivity (Wildman–Crippen MR) is 118 cm³/mol. The number of anilines is 2. The SMILES string of the molecule is N#Cc1ncc(-c2cc(C(=O)Nc3ccc(OC(F)(F)F)cc3)cnc2N2CC[C@H](CO)C2)cn1. The van der Waals surface area contributed by atoms with Gasteiger partial charge in [0.25, 0.3) is 5.91 Å². The Morgan fingerprint density at radius 2 is 1.91 bits per heavy atom. The van der Waals surface area contributed by atoms with Crippen molar-refractivity contribution in [1.82, 2.24) is 15.0 Å². The van der Waals surface area contributed by atoms with Gasteiger partial charge >= 0.3 is 6.36 Å². The lowest BCUT2D eigenvalue weighted by molar-refractivity contribution is -0.274. The minimum absolute atomic E-state index is 0.00313. The van der Waals surface area contributed by atoms with Crippen LogP contribution in [0, 0.1) is 17.2 Å². The molecule has 0 saturated carbocycles. The molecule has 1 amide bonds. The topological polar surface area (TPSA) is 124 Å². The molecule has 1 aromatic carbocycles. The van der Waals surface area contributed by atoms with Crippen LogP contribution in [0.3, 0.4) is 0 Å². The number of pyridine rings is 1. The summed E-state index contributed by atoms with van der Waals surface area (Å²) in [7, 11) is 0. The molecule has 0 unspecified atom stereocenters. The molecule has 0 aliphatic carbocycles. The van der Waals surface area contributed by atoms with Gasteiger partial charge in [-0.15, -0.1) is 13.2 Å². The summed E-state index contributed by atoms with van der Waals surface area (Å²) in [6.07, 6.45) is 0.305. The van der Waals surface area contributed by atoms with E-state index in [2.05, 4.69) is 25.0 Å². The summed E-state index contributed by atoms with van der Waals surface area (Å²) >= 11 is 0. The first-order valence-corrected chi connectivity index (χ1v) is 10.5. The van der Waals surface area contributed by atoms with Crippen molar-refractivity contribution in [2.45, 2.75) is 12.8 Å². The number of benzene rings is 1. The van der Waals surface area contributed by atoms with E-state index in [1.165, 1.54) is 30.7 Å². The monoisotopic (exact) mass is 484 g/mol. The minimum Gasteiger partial charge on any atom is -0.406 e. The van der Waals surface area contributed by atoms with Gasteiger partial charge in [0.05, 0.1) is 5.56 Å². The van der Waals surface area contributed by atoms with Crippen LogP contribution in [0.25, 0.3) is 11.1 Å². The molecule has 180 valence electrons. The number of aliphatic hydroxyl groups excluding tert-OH is 1. The highest BCUT2D eigenvalue weighted by Crippen LogP contribution is 2.33. The van der Waals surface area contributed by atoms with E-state index >= 15 is 0 Å². The molecule has 1 fully saturated rings. The van der Waals surface area contributed by atoms with Crippen LogP contribution in [0.4, 0.5) is 24.7 Å². The molecule has 1 saturated heterocycles. The van der Waals surface area contributed by atoms with E-state index in [4.69, 9.17) is 5.26 Å². The highest BCUT2D eigenvalue weighted by molar-refractivity contribution is 6.05. The Hall–Kier alpha value is -4.24. The molecule has 12 heteroatoms. The summed E-state index contributed by atoms with van der Waals surface area (Å²) in [5.41, 5.74) is 1.57. The smallest absolute Gasteiger partial charge is 0.406 e. The average Bonchev–Trinajstić information content (AvgIpc) is 3.33. The second-order valence-electron chi connectivity index (χ2n) is 7.81. The summed E-state index contributed by atoms with van der Waals surface area (Å²) in [6, 6.07) is 8.22. The zero-order valence-electron chi connectivity index (χ0n) is 18.2. The quantitative estimate of drug-likeness (QED) is 0.546. The number of halogens is 3. The molecule has 9 nitrogen and oxygen atoms in total. The molecule has 2 aromatic heterocycles. The third-order valence-corrected chi connectivity index (χ3v) is 5.38. The number of carbonyl (C=O) groups excluding carboxylic acids is 1. The highest BCUT2D eigenvalue weighted by atomic mass is 19.4. The van der Waals surface area contributed by atoms with E-state index in [1.807, 2.05) is 11.0 Å². The lowest BCUT2D eigenvalue weighted by atomic mass is 10.1. The van der Waals surface area contributed by atoms with Gasteiger partial charge in [0.15, 0.2) is 0 Å². The largest absolute Gasteiger partial charge is 0.573 e. The Kier molecular flexibility index (Phi) is 6.79. The van der Waals surface area contributed by atoms with Crippen LogP contribution in [0.2, 0.25) is 0 Å². The molecule has 0 bridgehead atoms. The first kappa shape index (κ1) is 23.9. The first-order valence-electron chi connectivity index (χ1n) is 10.5. The number of hydrogen-bond acceptors (Lipinski definition) is 8. The standard InChI is InChI=1S/C23H19F3N6O3/c24-23(25,26)35-18-3-1-17(2-4-18)31-22(34)15-7-19(16-10-28-20(8-27)29-11-16)21(30-9-15)32-6-5-14(12-32)13-33/h1-4,7,9-11,14,33H,5-6,12-13H2,(H,31,34)/t14-/m0/s1. The van der Waals surface area contributed by atoms with Gasteiger partial charge in [-0.05, 0) is 36.8 Å². The fourth-order valence-corrected chi connectivity index (χ4v) is 3.69. The number of nitriles is 1. The number of amides is 1. The number of carbonyl (C=O) groups is 1. The number of hydrogen-bond donors (Lipinski definition) is 2. The van der Waals surface area contributed by atoms with Gasteiger partial charge in [0.1, 0.15) is 17.6 Å². The van der Waals surface area contributed by atoms with E-state index in [0.717, 1.165) is 18.6 Å². The first-order chi connectivity index (χ1) is 16.8. The lowest BCUT2D eigenvalue weighted by Gasteiger charge is -2.21. The van der Waals surface area contributed by atoms with Gasteiger partial charge in [-0.25, -0.2) is 15.0 Å². The maximum atomic E-state index is 12.9. The minimum atomic E-state index is -4.81. The third kappa shape index (κ3) is 5.82. The molecule has 4 rings (SSSR count). The Morgan fingerprint density at radius 1 is 1.20 bits per heavy atom. The molecule has 1 aliphatic heterocycles. The van der Waals surface area contributed by atoms with Crippen molar-refractivity contribution in [3.63, 3.8) is 0 Å². The number of nitrogens with one attached hydrogen (secondary N) is 1. The van der Waals surface area contributed by atoms with Gasteiger partial charge < -0.3 is 20.1 Å². The molecular weight excluding hydrogens is 465 g/mol. The van der Waals surface area contributed by atoms with Crippen molar-refractivity contribution in [2.75, 3.05) is 29.9 Å². The fourth-order valence-electron chi connectivity index (χ4n) is 3.69. The van der Waals surface area contributed by atoms with Crippen molar-refractivity contribution < 1.29 is 27.8 Å². The summed E-state index contributed by atoms with van der Waals surface area (Å²) in [4.78, 5) is 27.3. The molecule has 3 aromatic rings. The number of ether oxygens (including phenoxy) is 1. The molecule has 2 N–H and O–H groups in total. The summed E-state index contributed by atoms with van der Waals surface area (Å²) in [5.74, 6) is -0.249. The second kappa shape index (κ2) is 9.94. The number of alkyl halides is 3. The normalized spacial score (nSPS) is 15.5. The lowest BCUT2D eigenvalue weighted by Crippen LogP contribution is -2.23. The molecule has 35 heavy (non-hydrogen) atoms. The van der Waals surface area contributed by atoms with E-state index in [1.54, 1.807) is 6.07 Å². The van der Waals surface area contributed by atoms with Crippen LogP contribution in [-0.2, 0) is 0 Å². The molecule has 1 aliphatic rings.